The average Bonchev–Trinajstić information content (AvgIpc) is 3.26. The first kappa shape index (κ1) is 15.3. The maximum atomic E-state index is 12.7. The average molecular weight is 280 g/mol. The van der Waals surface area contributed by atoms with Crippen LogP contribution in [0.1, 0.15) is 59.3 Å². The van der Waals surface area contributed by atoms with Gasteiger partial charge in [-0.05, 0) is 31.1 Å². The minimum atomic E-state index is -0.264. The summed E-state index contributed by atoms with van der Waals surface area (Å²) in [6.45, 7) is 7.05. The van der Waals surface area contributed by atoms with E-state index in [4.69, 9.17) is 0 Å². The summed E-state index contributed by atoms with van der Waals surface area (Å²) < 4.78 is 0. The van der Waals surface area contributed by atoms with Crippen LogP contribution in [0.5, 0.6) is 0 Å². The van der Waals surface area contributed by atoms with Crippen LogP contribution >= 0.6 is 0 Å². The topological polar surface area (TPSA) is 49.4 Å². The molecule has 114 valence electrons. The van der Waals surface area contributed by atoms with Crippen molar-refractivity contribution in [2.45, 2.75) is 71.4 Å². The Kier molecular flexibility index (Phi) is 5.06. The largest absolute Gasteiger partial charge is 0.342 e. The van der Waals surface area contributed by atoms with E-state index in [1.165, 1.54) is 0 Å². The molecule has 4 nitrogen and oxygen atoms in total. The van der Waals surface area contributed by atoms with Crippen molar-refractivity contribution in [3.8, 4) is 0 Å². The molecular weight excluding hydrogens is 252 g/mol. The molecule has 1 aliphatic carbocycles. The van der Waals surface area contributed by atoms with Gasteiger partial charge in [-0.2, -0.15) is 0 Å². The molecule has 1 saturated carbocycles. The number of piperazine rings is 1. The van der Waals surface area contributed by atoms with E-state index in [1.54, 1.807) is 0 Å². The van der Waals surface area contributed by atoms with Gasteiger partial charge in [0, 0.05) is 6.54 Å². The molecule has 2 rings (SSSR count). The van der Waals surface area contributed by atoms with Crippen LogP contribution in [0.4, 0.5) is 0 Å². The van der Waals surface area contributed by atoms with E-state index >= 15 is 0 Å². The Hall–Kier alpha value is -1.06. The van der Waals surface area contributed by atoms with Crippen molar-refractivity contribution in [2.24, 2.45) is 11.8 Å². The lowest BCUT2D eigenvalue weighted by Gasteiger charge is -2.41. The number of unbranched alkanes of at least 4 members (excludes halogenated alkanes) is 2. The lowest BCUT2D eigenvalue weighted by atomic mass is 9.92. The number of carbonyl (C=O) groups is 2. The molecule has 0 bridgehead atoms. The molecule has 3 unspecified atom stereocenters. The number of nitrogens with zero attached hydrogens (tertiary/aromatic N) is 1. The molecule has 0 aromatic rings. The van der Waals surface area contributed by atoms with Gasteiger partial charge in [0.05, 0.1) is 0 Å². The summed E-state index contributed by atoms with van der Waals surface area (Å²) in [5.41, 5.74) is 0. The molecule has 0 radical (unpaired) electrons. The standard InChI is InChI=1S/C16H28N2O2/c1-4-6-7-10-18-14(11(3)5-2)15(19)17-13(16(18)20)12-8-9-12/h11-14H,4-10H2,1-3H3,(H,17,19). The van der Waals surface area contributed by atoms with Crippen molar-refractivity contribution in [3.63, 3.8) is 0 Å². The first-order valence-corrected chi connectivity index (χ1v) is 8.21. The molecule has 1 saturated heterocycles. The maximum absolute atomic E-state index is 12.7. The highest BCUT2D eigenvalue weighted by molar-refractivity contribution is 5.97. The molecule has 0 aromatic heterocycles. The Morgan fingerprint density at radius 2 is 1.95 bits per heavy atom. The van der Waals surface area contributed by atoms with Crippen LogP contribution < -0.4 is 5.32 Å². The fourth-order valence-corrected chi connectivity index (χ4v) is 3.08. The number of hydrogen-bond donors (Lipinski definition) is 1. The fourth-order valence-electron chi connectivity index (χ4n) is 3.08. The van der Waals surface area contributed by atoms with E-state index in [2.05, 4.69) is 26.1 Å². The van der Waals surface area contributed by atoms with Crippen LogP contribution in [0.2, 0.25) is 0 Å². The normalized spacial score (nSPS) is 28.4. The second kappa shape index (κ2) is 6.59. The lowest BCUT2D eigenvalue weighted by Crippen LogP contribution is -2.65. The van der Waals surface area contributed by atoms with Crippen molar-refractivity contribution in [1.82, 2.24) is 10.2 Å². The van der Waals surface area contributed by atoms with Crippen LogP contribution in [0.25, 0.3) is 0 Å². The third-order valence-corrected chi connectivity index (χ3v) is 4.73. The predicted octanol–water partition coefficient (Wildman–Crippen LogP) is 2.33. The molecule has 3 atom stereocenters. The van der Waals surface area contributed by atoms with Crippen LogP contribution in [-0.2, 0) is 9.59 Å². The summed E-state index contributed by atoms with van der Waals surface area (Å²) in [7, 11) is 0. The monoisotopic (exact) mass is 280 g/mol. The Bertz CT molecular complexity index is 365. The number of carbonyl (C=O) groups excluding carboxylic acids is 2. The minimum absolute atomic E-state index is 0.0624. The van der Waals surface area contributed by atoms with E-state index in [9.17, 15) is 9.59 Å². The van der Waals surface area contributed by atoms with Gasteiger partial charge in [-0.1, -0.05) is 40.0 Å². The van der Waals surface area contributed by atoms with Crippen LogP contribution in [-0.4, -0.2) is 35.3 Å². The summed E-state index contributed by atoms with van der Waals surface area (Å²) in [5.74, 6) is 0.833. The van der Waals surface area contributed by atoms with Gasteiger partial charge in [0.15, 0.2) is 0 Å². The summed E-state index contributed by atoms with van der Waals surface area (Å²) in [4.78, 5) is 27.0. The van der Waals surface area contributed by atoms with Gasteiger partial charge in [-0.15, -0.1) is 0 Å². The highest BCUT2D eigenvalue weighted by Crippen LogP contribution is 2.36. The van der Waals surface area contributed by atoms with Crippen molar-refractivity contribution in [1.29, 1.82) is 0 Å². The third-order valence-electron chi connectivity index (χ3n) is 4.73. The number of amides is 2. The molecular formula is C16H28N2O2. The van der Waals surface area contributed by atoms with Gasteiger partial charge < -0.3 is 10.2 Å². The van der Waals surface area contributed by atoms with Gasteiger partial charge in [0.25, 0.3) is 0 Å². The zero-order valence-electron chi connectivity index (χ0n) is 13.0. The van der Waals surface area contributed by atoms with E-state index in [1.807, 2.05) is 4.90 Å². The molecule has 1 heterocycles. The minimum Gasteiger partial charge on any atom is -0.342 e. The van der Waals surface area contributed by atoms with Gasteiger partial charge >= 0.3 is 0 Å². The van der Waals surface area contributed by atoms with E-state index < -0.39 is 0 Å². The quantitative estimate of drug-likeness (QED) is 0.728. The third kappa shape index (κ3) is 3.15. The second-order valence-corrected chi connectivity index (χ2v) is 6.39. The summed E-state index contributed by atoms with van der Waals surface area (Å²) in [6.07, 6.45) is 6.32. The maximum Gasteiger partial charge on any atom is 0.246 e. The van der Waals surface area contributed by atoms with Crippen molar-refractivity contribution >= 4 is 11.8 Å². The zero-order chi connectivity index (χ0) is 14.7. The molecule has 0 spiro atoms. The number of nitrogens with one attached hydrogen (secondary N) is 1. The molecule has 0 aromatic carbocycles. The molecule has 2 amide bonds. The Labute approximate surface area is 122 Å². The highest BCUT2D eigenvalue weighted by Gasteiger charge is 2.47. The van der Waals surface area contributed by atoms with Gasteiger partial charge in [-0.25, -0.2) is 0 Å². The van der Waals surface area contributed by atoms with Gasteiger partial charge in [0.2, 0.25) is 11.8 Å². The van der Waals surface area contributed by atoms with Crippen molar-refractivity contribution in [2.75, 3.05) is 6.54 Å². The molecule has 4 heteroatoms. The molecule has 20 heavy (non-hydrogen) atoms. The molecule has 1 N–H and O–H groups in total. The van der Waals surface area contributed by atoms with E-state index in [-0.39, 0.29) is 29.8 Å². The SMILES string of the molecule is CCCCCN1C(=O)C(C2CC2)NC(=O)C1C(C)CC. The molecule has 2 aliphatic rings. The lowest BCUT2D eigenvalue weighted by molar-refractivity contribution is -0.152. The number of rotatable bonds is 7. The van der Waals surface area contributed by atoms with Gasteiger partial charge in [-0.3, -0.25) is 9.59 Å². The first-order chi connectivity index (χ1) is 9.60. The summed E-state index contributed by atoms with van der Waals surface area (Å²) in [5, 5.41) is 2.98. The van der Waals surface area contributed by atoms with Crippen LogP contribution in [0.3, 0.4) is 0 Å². The molecule has 2 fully saturated rings. The van der Waals surface area contributed by atoms with E-state index in [0.29, 0.717) is 5.92 Å². The summed E-state index contributed by atoms with van der Waals surface area (Å²) in [6, 6.07) is -0.510. The summed E-state index contributed by atoms with van der Waals surface area (Å²) >= 11 is 0. The number of hydrogen-bond acceptors (Lipinski definition) is 2. The highest BCUT2D eigenvalue weighted by atomic mass is 16.2. The predicted molar refractivity (Wildman–Crippen MR) is 79.1 cm³/mol. The fraction of sp³-hybridized carbons (Fsp3) is 0.875. The van der Waals surface area contributed by atoms with Crippen LogP contribution in [0, 0.1) is 11.8 Å². The second-order valence-electron chi connectivity index (χ2n) is 6.39. The Morgan fingerprint density at radius 1 is 1.25 bits per heavy atom. The zero-order valence-corrected chi connectivity index (χ0v) is 13.0. The van der Waals surface area contributed by atoms with Crippen molar-refractivity contribution in [3.05, 3.63) is 0 Å². The van der Waals surface area contributed by atoms with Crippen molar-refractivity contribution < 1.29 is 9.59 Å². The Morgan fingerprint density at radius 3 is 2.50 bits per heavy atom. The Balaban J connectivity index is 2.11. The smallest absolute Gasteiger partial charge is 0.246 e. The van der Waals surface area contributed by atoms with E-state index in [0.717, 1.165) is 45.1 Å². The first-order valence-electron chi connectivity index (χ1n) is 8.21. The van der Waals surface area contributed by atoms with Crippen LogP contribution in [0.15, 0.2) is 0 Å². The molecule has 1 aliphatic heterocycles. The van der Waals surface area contributed by atoms with Gasteiger partial charge in [0.1, 0.15) is 12.1 Å².